The van der Waals surface area contributed by atoms with Crippen molar-refractivity contribution in [2.24, 2.45) is 0 Å². The van der Waals surface area contributed by atoms with Crippen LogP contribution in [0.1, 0.15) is 21.7 Å². The van der Waals surface area contributed by atoms with E-state index in [2.05, 4.69) is 0 Å². The maximum atomic E-state index is 12.2. The molecule has 0 spiro atoms. The van der Waals surface area contributed by atoms with E-state index in [0.29, 0.717) is 11.3 Å². The van der Waals surface area contributed by atoms with Gasteiger partial charge in [0.05, 0.1) is 0 Å². The van der Waals surface area contributed by atoms with Gasteiger partial charge in [-0.3, -0.25) is 4.79 Å². The highest BCUT2D eigenvalue weighted by atomic mass is 16.3. The van der Waals surface area contributed by atoms with E-state index in [1.165, 1.54) is 0 Å². The van der Waals surface area contributed by atoms with Crippen molar-refractivity contribution in [3.63, 3.8) is 0 Å². The van der Waals surface area contributed by atoms with E-state index >= 15 is 0 Å². The summed E-state index contributed by atoms with van der Waals surface area (Å²) < 4.78 is 5.67. The SMILES string of the molecule is Cc1cccc2cc(C(=O)c3ccccc3)oc12. The van der Waals surface area contributed by atoms with Gasteiger partial charge in [-0.25, -0.2) is 0 Å². The Morgan fingerprint density at radius 3 is 2.50 bits per heavy atom. The molecular formula is C16H12O2. The summed E-state index contributed by atoms with van der Waals surface area (Å²) in [6.07, 6.45) is 0. The van der Waals surface area contributed by atoms with Gasteiger partial charge in [0.2, 0.25) is 5.78 Å². The lowest BCUT2D eigenvalue weighted by molar-refractivity contribution is 0.101. The number of hydrogen-bond acceptors (Lipinski definition) is 2. The molecule has 0 bridgehead atoms. The molecule has 0 radical (unpaired) electrons. The highest BCUT2D eigenvalue weighted by Crippen LogP contribution is 2.24. The molecule has 18 heavy (non-hydrogen) atoms. The third kappa shape index (κ3) is 1.72. The largest absolute Gasteiger partial charge is 0.452 e. The van der Waals surface area contributed by atoms with Crippen LogP contribution in [0, 0.1) is 6.92 Å². The summed E-state index contributed by atoms with van der Waals surface area (Å²) >= 11 is 0. The van der Waals surface area contributed by atoms with E-state index in [1.54, 1.807) is 18.2 Å². The van der Waals surface area contributed by atoms with Crippen LogP contribution in [0.15, 0.2) is 59.0 Å². The lowest BCUT2D eigenvalue weighted by Crippen LogP contribution is -1.98. The number of ketones is 1. The van der Waals surface area contributed by atoms with Gasteiger partial charge in [-0.1, -0.05) is 48.5 Å². The molecule has 2 aromatic carbocycles. The van der Waals surface area contributed by atoms with Crippen LogP contribution in [0.5, 0.6) is 0 Å². The zero-order valence-electron chi connectivity index (χ0n) is 10.0. The summed E-state index contributed by atoms with van der Waals surface area (Å²) in [5.74, 6) is 0.316. The van der Waals surface area contributed by atoms with Crippen molar-refractivity contribution < 1.29 is 9.21 Å². The first-order valence-corrected chi connectivity index (χ1v) is 5.84. The monoisotopic (exact) mass is 236 g/mol. The molecule has 2 nitrogen and oxygen atoms in total. The molecule has 0 fully saturated rings. The smallest absolute Gasteiger partial charge is 0.228 e. The number of hydrogen-bond donors (Lipinski definition) is 0. The maximum absolute atomic E-state index is 12.2. The van der Waals surface area contributed by atoms with Gasteiger partial charge in [-0.2, -0.15) is 0 Å². The Labute approximate surface area is 105 Å². The van der Waals surface area contributed by atoms with E-state index < -0.39 is 0 Å². The summed E-state index contributed by atoms with van der Waals surface area (Å²) in [4.78, 5) is 12.2. The quantitative estimate of drug-likeness (QED) is 0.630. The van der Waals surface area contributed by atoms with Crippen LogP contribution in [0.4, 0.5) is 0 Å². The number of carbonyl (C=O) groups excluding carboxylic acids is 1. The number of para-hydroxylation sites is 1. The predicted octanol–water partition coefficient (Wildman–Crippen LogP) is 3.97. The van der Waals surface area contributed by atoms with Crippen molar-refractivity contribution in [3.8, 4) is 0 Å². The molecule has 1 heterocycles. The first-order valence-electron chi connectivity index (χ1n) is 5.84. The van der Waals surface area contributed by atoms with Crippen LogP contribution < -0.4 is 0 Å². The number of rotatable bonds is 2. The van der Waals surface area contributed by atoms with Gasteiger partial charge in [-0.15, -0.1) is 0 Å². The Morgan fingerprint density at radius 2 is 1.78 bits per heavy atom. The fraction of sp³-hybridized carbons (Fsp3) is 0.0625. The van der Waals surface area contributed by atoms with Crippen molar-refractivity contribution in [1.29, 1.82) is 0 Å². The normalized spacial score (nSPS) is 10.7. The second-order valence-electron chi connectivity index (χ2n) is 4.30. The second-order valence-corrected chi connectivity index (χ2v) is 4.30. The average Bonchev–Trinajstić information content (AvgIpc) is 2.84. The zero-order chi connectivity index (χ0) is 12.5. The molecule has 3 aromatic rings. The molecule has 2 heteroatoms. The molecule has 0 aliphatic carbocycles. The van der Waals surface area contributed by atoms with Crippen LogP contribution >= 0.6 is 0 Å². The van der Waals surface area contributed by atoms with Crippen LogP contribution in [-0.4, -0.2) is 5.78 Å². The Balaban J connectivity index is 2.10. The number of aryl methyl sites for hydroxylation is 1. The van der Waals surface area contributed by atoms with Gasteiger partial charge >= 0.3 is 0 Å². The van der Waals surface area contributed by atoms with Gasteiger partial charge in [0.15, 0.2) is 5.76 Å². The van der Waals surface area contributed by atoms with Crippen molar-refractivity contribution in [2.45, 2.75) is 6.92 Å². The Morgan fingerprint density at radius 1 is 1.00 bits per heavy atom. The van der Waals surface area contributed by atoms with Crippen molar-refractivity contribution in [1.82, 2.24) is 0 Å². The minimum Gasteiger partial charge on any atom is -0.452 e. The van der Waals surface area contributed by atoms with Gasteiger partial charge in [0.25, 0.3) is 0 Å². The number of furan rings is 1. The fourth-order valence-corrected chi connectivity index (χ4v) is 2.05. The second kappa shape index (κ2) is 4.15. The molecular weight excluding hydrogens is 224 g/mol. The van der Waals surface area contributed by atoms with E-state index in [-0.39, 0.29) is 5.78 Å². The van der Waals surface area contributed by atoms with Gasteiger partial charge in [0, 0.05) is 10.9 Å². The summed E-state index contributed by atoms with van der Waals surface area (Å²) in [6, 6.07) is 16.9. The first kappa shape index (κ1) is 10.8. The molecule has 0 saturated carbocycles. The molecule has 0 aliphatic rings. The third-order valence-electron chi connectivity index (χ3n) is 3.00. The van der Waals surface area contributed by atoms with E-state index in [1.807, 2.05) is 43.3 Å². The van der Waals surface area contributed by atoms with Gasteiger partial charge < -0.3 is 4.42 Å². The fourth-order valence-electron chi connectivity index (χ4n) is 2.05. The summed E-state index contributed by atoms with van der Waals surface area (Å²) in [7, 11) is 0. The molecule has 88 valence electrons. The van der Waals surface area contributed by atoms with E-state index in [4.69, 9.17) is 4.42 Å². The van der Waals surface area contributed by atoms with Crippen LogP contribution in [-0.2, 0) is 0 Å². The van der Waals surface area contributed by atoms with E-state index in [0.717, 1.165) is 16.5 Å². The third-order valence-corrected chi connectivity index (χ3v) is 3.00. The van der Waals surface area contributed by atoms with Crippen LogP contribution in [0.25, 0.3) is 11.0 Å². The highest BCUT2D eigenvalue weighted by molar-refractivity contribution is 6.09. The van der Waals surface area contributed by atoms with Crippen molar-refractivity contribution in [2.75, 3.05) is 0 Å². The molecule has 3 rings (SSSR count). The first-order chi connectivity index (χ1) is 8.75. The summed E-state index contributed by atoms with van der Waals surface area (Å²) in [5.41, 5.74) is 2.48. The topological polar surface area (TPSA) is 30.2 Å². The minimum absolute atomic E-state index is 0.0776. The Kier molecular flexibility index (Phi) is 2.49. The molecule has 0 aliphatic heterocycles. The highest BCUT2D eigenvalue weighted by Gasteiger charge is 2.14. The van der Waals surface area contributed by atoms with E-state index in [9.17, 15) is 4.79 Å². The molecule has 0 saturated heterocycles. The van der Waals surface area contributed by atoms with Crippen LogP contribution in [0.2, 0.25) is 0 Å². The lowest BCUT2D eigenvalue weighted by Gasteiger charge is -1.96. The maximum Gasteiger partial charge on any atom is 0.228 e. The molecule has 1 aromatic heterocycles. The summed E-state index contributed by atoms with van der Waals surface area (Å²) in [5, 5.41) is 0.967. The Bertz CT molecular complexity index is 708. The molecule has 0 amide bonds. The number of benzene rings is 2. The van der Waals surface area contributed by atoms with Crippen molar-refractivity contribution in [3.05, 3.63) is 71.5 Å². The standard InChI is InChI=1S/C16H12O2/c1-11-6-5-9-13-10-14(18-16(11)13)15(17)12-7-3-2-4-8-12/h2-10H,1H3. The zero-order valence-corrected chi connectivity index (χ0v) is 10.0. The number of carbonyl (C=O) groups is 1. The minimum atomic E-state index is -0.0776. The molecule has 0 atom stereocenters. The molecule has 0 unspecified atom stereocenters. The predicted molar refractivity (Wildman–Crippen MR) is 70.8 cm³/mol. The molecule has 0 N–H and O–H groups in total. The van der Waals surface area contributed by atoms with Crippen molar-refractivity contribution >= 4 is 16.8 Å². The van der Waals surface area contributed by atoms with Crippen LogP contribution in [0.3, 0.4) is 0 Å². The van der Waals surface area contributed by atoms with Gasteiger partial charge in [0.1, 0.15) is 5.58 Å². The number of fused-ring (bicyclic) bond motifs is 1. The Hall–Kier alpha value is -2.35. The average molecular weight is 236 g/mol. The van der Waals surface area contributed by atoms with Gasteiger partial charge in [-0.05, 0) is 18.6 Å². The lowest BCUT2D eigenvalue weighted by atomic mass is 10.1. The summed E-state index contributed by atoms with van der Waals surface area (Å²) in [6.45, 7) is 1.97.